The van der Waals surface area contributed by atoms with Gasteiger partial charge in [0, 0.05) is 0 Å². The number of aryl methyl sites for hydroxylation is 4. The Kier molecular flexibility index (Phi) is 6.04. The van der Waals surface area contributed by atoms with Crippen LogP contribution in [0.1, 0.15) is 59.6 Å². The van der Waals surface area contributed by atoms with Crippen molar-refractivity contribution in [2.75, 3.05) is 0 Å². The third-order valence-corrected chi connectivity index (χ3v) is 4.63. The third kappa shape index (κ3) is 5.23. The molecule has 0 aliphatic heterocycles. The van der Waals surface area contributed by atoms with Gasteiger partial charge in [0.2, 0.25) is 0 Å². The first-order valence-corrected chi connectivity index (χ1v) is 8.87. The zero-order chi connectivity index (χ0) is 17.0. The summed E-state index contributed by atoms with van der Waals surface area (Å²) in [6.45, 7) is 13.4. The van der Waals surface area contributed by atoms with Gasteiger partial charge in [0.1, 0.15) is 0 Å². The summed E-state index contributed by atoms with van der Waals surface area (Å²) in [5, 5.41) is 0. The van der Waals surface area contributed by atoms with Gasteiger partial charge >= 0.3 is 0 Å². The van der Waals surface area contributed by atoms with Crippen LogP contribution < -0.4 is 0 Å². The Bertz CT molecular complexity index is 611. The molecule has 0 aromatic heterocycles. The molecule has 0 aliphatic carbocycles. The monoisotopic (exact) mass is 307 g/mol. The molecule has 0 nitrogen and oxygen atoms in total. The number of rotatable bonds is 6. The predicted octanol–water partition coefficient (Wildman–Crippen LogP) is 6.50. The molecular formula is C23H31. The lowest BCUT2D eigenvalue weighted by atomic mass is 9.84. The van der Waals surface area contributed by atoms with E-state index in [-0.39, 0.29) is 0 Å². The van der Waals surface area contributed by atoms with Crippen molar-refractivity contribution in [3.8, 4) is 0 Å². The Balaban J connectivity index is 2.09. The first-order valence-electron chi connectivity index (χ1n) is 8.87. The van der Waals surface area contributed by atoms with E-state index in [1.807, 2.05) is 0 Å². The molecule has 0 fully saturated rings. The molecule has 0 aliphatic rings. The molecule has 0 amide bonds. The van der Waals surface area contributed by atoms with E-state index in [9.17, 15) is 0 Å². The summed E-state index contributed by atoms with van der Waals surface area (Å²) in [6, 6.07) is 13.8. The van der Waals surface area contributed by atoms with Gasteiger partial charge in [0.05, 0.1) is 0 Å². The third-order valence-electron chi connectivity index (χ3n) is 4.63. The van der Waals surface area contributed by atoms with Gasteiger partial charge in [-0.2, -0.15) is 0 Å². The highest BCUT2D eigenvalue weighted by atomic mass is 14.2. The first-order chi connectivity index (χ1) is 10.9. The average Bonchev–Trinajstić information content (AvgIpc) is 2.44. The molecule has 0 saturated carbocycles. The first kappa shape index (κ1) is 17.8. The van der Waals surface area contributed by atoms with Crippen LogP contribution in [0.25, 0.3) is 0 Å². The van der Waals surface area contributed by atoms with Crippen molar-refractivity contribution < 1.29 is 0 Å². The summed E-state index contributed by atoms with van der Waals surface area (Å²) >= 11 is 0. The van der Waals surface area contributed by atoms with Gasteiger partial charge in [-0.3, -0.25) is 0 Å². The number of benzene rings is 2. The predicted molar refractivity (Wildman–Crippen MR) is 102 cm³/mol. The normalized spacial score (nSPS) is 13.8. The molecule has 0 heterocycles. The molecule has 2 rings (SSSR count). The van der Waals surface area contributed by atoms with Gasteiger partial charge in [-0.1, -0.05) is 78.9 Å². The molecule has 2 unspecified atom stereocenters. The number of hydrogen-bond acceptors (Lipinski definition) is 0. The minimum Gasteiger partial charge on any atom is -0.0651 e. The Morgan fingerprint density at radius 3 is 1.74 bits per heavy atom. The van der Waals surface area contributed by atoms with E-state index in [2.05, 4.69) is 84.4 Å². The summed E-state index contributed by atoms with van der Waals surface area (Å²) in [7, 11) is 0. The minimum atomic E-state index is 0.504. The van der Waals surface area contributed by atoms with Gasteiger partial charge in [-0.25, -0.2) is 0 Å². The molecule has 0 saturated heterocycles. The van der Waals surface area contributed by atoms with E-state index in [0.29, 0.717) is 11.8 Å². The second-order valence-corrected chi connectivity index (χ2v) is 7.27. The van der Waals surface area contributed by atoms with E-state index in [1.54, 1.807) is 0 Å². The highest BCUT2D eigenvalue weighted by molar-refractivity contribution is 5.33. The second kappa shape index (κ2) is 7.81. The van der Waals surface area contributed by atoms with E-state index < -0.39 is 0 Å². The standard InChI is InChI=1S/C23H31/c1-7-21(15-22-10-16(2)8-17(3)11-22)14-20(6)23-12-18(4)9-19(5)13-23/h8-14,20-21H,7,15H2,1-6H3. The van der Waals surface area contributed by atoms with Crippen molar-refractivity contribution in [3.63, 3.8) is 0 Å². The fourth-order valence-corrected chi connectivity index (χ4v) is 3.63. The van der Waals surface area contributed by atoms with E-state index in [4.69, 9.17) is 0 Å². The van der Waals surface area contributed by atoms with Crippen LogP contribution >= 0.6 is 0 Å². The van der Waals surface area contributed by atoms with Crippen molar-refractivity contribution in [2.24, 2.45) is 5.92 Å². The molecular weight excluding hydrogens is 276 g/mol. The highest BCUT2D eigenvalue weighted by Gasteiger charge is 2.15. The van der Waals surface area contributed by atoms with Gasteiger partial charge in [0.25, 0.3) is 0 Å². The molecule has 1 radical (unpaired) electrons. The Morgan fingerprint density at radius 1 is 0.783 bits per heavy atom. The lowest BCUT2D eigenvalue weighted by Gasteiger charge is -2.21. The Morgan fingerprint density at radius 2 is 1.26 bits per heavy atom. The quantitative estimate of drug-likeness (QED) is 0.571. The van der Waals surface area contributed by atoms with Crippen LogP contribution in [0.5, 0.6) is 0 Å². The smallest absolute Gasteiger partial charge is 0.0156 e. The van der Waals surface area contributed by atoms with Crippen LogP contribution in [0.3, 0.4) is 0 Å². The average molecular weight is 308 g/mol. The minimum absolute atomic E-state index is 0.504. The molecule has 123 valence electrons. The summed E-state index contributed by atoms with van der Waals surface area (Å²) in [5.41, 5.74) is 8.39. The van der Waals surface area contributed by atoms with Crippen LogP contribution in [0, 0.1) is 40.0 Å². The lowest BCUT2D eigenvalue weighted by molar-refractivity contribution is 0.542. The fourth-order valence-electron chi connectivity index (χ4n) is 3.63. The zero-order valence-electron chi connectivity index (χ0n) is 15.6. The van der Waals surface area contributed by atoms with Crippen molar-refractivity contribution in [2.45, 2.75) is 60.3 Å². The Labute approximate surface area is 143 Å². The topological polar surface area (TPSA) is 0 Å². The van der Waals surface area contributed by atoms with Gasteiger partial charge in [-0.05, 0) is 63.5 Å². The summed E-state index contributed by atoms with van der Waals surface area (Å²) < 4.78 is 0. The van der Waals surface area contributed by atoms with Gasteiger partial charge in [0.15, 0.2) is 0 Å². The SMILES string of the molecule is CCC([CH]C(C)c1cc(C)cc(C)c1)Cc1cc(C)cc(C)c1. The molecule has 0 spiro atoms. The van der Waals surface area contributed by atoms with Crippen LogP contribution in [0.4, 0.5) is 0 Å². The van der Waals surface area contributed by atoms with Crippen LogP contribution in [0.15, 0.2) is 36.4 Å². The molecule has 0 heteroatoms. The molecule has 23 heavy (non-hydrogen) atoms. The fraction of sp³-hybridized carbons (Fsp3) is 0.435. The zero-order valence-corrected chi connectivity index (χ0v) is 15.6. The maximum atomic E-state index is 2.55. The van der Waals surface area contributed by atoms with Crippen LogP contribution in [-0.2, 0) is 6.42 Å². The lowest BCUT2D eigenvalue weighted by Crippen LogP contribution is -2.10. The summed E-state index contributed by atoms with van der Waals surface area (Å²) in [6.07, 6.45) is 4.89. The van der Waals surface area contributed by atoms with Crippen molar-refractivity contribution in [1.82, 2.24) is 0 Å². The van der Waals surface area contributed by atoms with E-state index >= 15 is 0 Å². The van der Waals surface area contributed by atoms with E-state index in [1.165, 1.54) is 39.8 Å². The highest BCUT2D eigenvalue weighted by Crippen LogP contribution is 2.28. The molecule has 2 aromatic rings. The molecule has 2 atom stereocenters. The van der Waals surface area contributed by atoms with Crippen molar-refractivity contribution in [3.05, 3.63) is 76.2 Å². The van der Waals surface area contributed by atoms with Crippen molar-refractivity contribution in [1.29, 1.82) is 0 Å². The maximum Gasteiger partial charge on any atom is -0.0156 e. The number of hydrogen-bond donors (Lipinski definition) is 0. The molecule has 2 aromatic carbocycles. The van der Waals surface area contributed by atoms with Crippen LogP contribution in [-0.4, -0.2) is 0 Å². The van der Waals surface area contributed by atoms with Crippen LogP contribution in [0.2, 0.25) is 0 Å². The maximum absolute atomic E-state index is 2.55. The van der Waals surface area contributed by atoms with E-state index in [0.717, 1.165) is 6.42 Å². The summed E-state index contributed by atoms with van der Waals surface area (Å²) in [5.74, 6) is 1.14. The largest absolute Gasteiger partial charge is 0.0651 e. The van der Waals surface area contributed by atoms with Crippen molar-refractivity contribution >= 4 is 0 Å². The summed E-state index contributed by atoms with van der Waals surface area (Å²) in [4.78, 5) is 0. The molecule has 0 N–H and O–H groups in total. The molecule has 0 bridgehead atoms. The second-order valence-electron chi connectivity index (χ2n) is 7.27. The van der Waals surface area contributed by atoms with Gasteiger partial charge < -0.3 is 0 Å². The van der Waals surface area contributed by atoms with Gasteiger partial charge in [-0.15, -0.1) is 0 Å². The Hall–Kier alpha value is -1.56.